The van der Waals surface area contributed by atoms with Crippen LogP contribution in [0.5, 0.6) is 5.75 Å². The fourth-order valence-corrected chi connectivity index (χ4v) is 3.40. The lowest BCUT2D eigenvalue weighted by Crippen LogP contribution is -2.26. The summed E-state index contributed by atoms with van der Waals surface area (Å²) < 4.78 is 44.9. The molecule has 130 valence electrons. The van der Waals surface area contributed by atoms with E-state index in [0.29, 0.717) is 0 Å². The third-order valence-corrected chi connectivity index (χ3v) is 5.49. The van der Waals surface area contributed by atoms with E-state index in [-0.39, 0.29) is 17.2 Å². The molecular formula is C17H21FN2O3S. The molecule has 0 saturated carbocycles. The number of hydrogen-bond acceptors (Lipinski definition) is 4. The number of ether oxygens (including phenoxy) is 1. The molecule has 0 atom stereocenters. The van der Waals surface area contributed by atoms with Crippen molar-refractivity contribution in [2.24, 2.45) is 0 Å². The molecule has 7 heteroatoms. The lowest BCUT2D eigenvalue weighted by atomic mass is 10.2. The van der Waals surface area contributed by atoms with Crippen molar-refractivity contribution in [1.29, 1.82) is 0 Å². The summed E-state index contributed by atoms with van der Waals surface area (Å²) in [6, 6.07) is 11.2. The zero-order valence-electron chi connectivity index (χ0n) is 14.2. The van der Waals surface area contributed by atoms with Gasteiger partial charge in [-0.2, -0.15) is 4.31 Å². The third-order valence-electron chi connectivity index (χ3n) is 3.69. The van der Waals surface area contributed by atoms with Gasteiger partial charge < -0.3 is 9.64 Å². The van der Waals surface area contributed by atoms with Gasteiger partial charge in [0.1, 0.15) is 0 Å². The van der Waals surface area contributed by atoms with Crippen LogP contribution in [-0.4, -0.2) is 41.0 Å². The summed E-state index contributed by atoms with van der Waals surface area (Å²) in [4.78, 5) is 1.86. The molecule has 0 unspecified atom stereocenters. The summed E-state index contributed by atoms with van der Waals surface area (Å²) in [5.41, 5.74) is 1.88. The Balaban J connectivity index is 2.21. The number of halogens is 1. The van der Waals surface area contributed by atoms with Crippen LogP contribution in [-0.2, 0) is 16.6 Å². The molecule has 2 aromatic rings. The summed E-state index contributed by atoms with van der Waals surface area (Å²) in [6.45, 7) is 0.198. The van der Waals surface area contributed by atoms with Crippen molar-refractivity contribution >= 4 is 15.7 Å². The van der Waals surface area contributed by atoms with Gasteiger partial charge in [0.25, 0.3) is 0 Å². The minimum Gasteiger partial charge on any atom is -0.494 e. The predicted octanol–water partition coefficient (Wildman–Crippen LogP) is 2.72. The standard InChI is InChI=1S/C17H21FN2O3S/c1-19(2)14-7-5-13(6-8-14)12-20(3)24(21,22)15-9-10-17(23-4)16(18)11-15/h5-11H,12H2,1-4H3. The van der Waals surface area contributed by atoms with Crippen LogP contribution in [0, 0.1) is 5.82 Å². The first-order valence-electron chi connectivity index (χ1n) is 7.32. The fraction of sp³-hybridized carbons (Fsp3) is 0.294. The van der Waals surface area contributed by atoms with Crippen LogP contribution >= 0.6 is 0 Å². The fourth-order valence-electron chi connectivity index (χ4n) is 2.23. The number of benzene rings is 2. The largest absolute Gasteiger partial charge is 0.494 e. The summed E-state index contributed by atoms with van der Waals surface area (Å²) >= 11 is 0. The molecule has 0 aliphatic rings. The van der Waals surface area contributed by atoms with Crippen molar-refractivity contribution in [2.45, 2.75) is 11.4 Å². The van der Waals surface area contributed by atoms with Crippen molar-refractivity contribution in [1.82, 2.24) is 4.31 Å². The van der Waals surface area contributed by atoms with Crippen LogP contribution in [0.4, 0.5) is 10.1 Å². The third kappa shape index (κ3) is 3.85. The van der Waals surface area contributed by atoms with Crippen molar-refractivity contribution < 1.29 is 17.5 Å². The number of methoxy groups -OCH3 is 1. The topological polar surface area (TPSA) is 49.9 Å². The normalized spacial score (nSPS) is 11.6. The SMILES string of the molecule is COc1ccc(S(=O)(=O)N(C)Cc2ccc(N(C)C)cc2)cc1F. The lowest BCUT2D eigenvalue weighted by molar-refractivity contribution is 0.385. The number of hydrogen-bond donors (Lipinski definition) is 0. The molecule has 2 rings (SSSR count). The van der Waals surface area contributed by atoms with Gasteiger partial charge in [0.2, 0.25) is 10.0 Å². The molecule has 0 aliphatic carbocycles. The first kappa shape index (κ1) is 18.2. The van der Waals surface area contributed by atoms with Gasteiger partial charge in [-0.15, -0.1) is 0 Å². The van der Waals surface area contributed by atoms with Gasteiger partial charge in [0.05, 0.1) is 12.0 Å². The van der Waals surface area contributed by atoms with E-state index >= 15 is 0 Å². The van der Waals surface area contributed by atoms with Gasteiger partial charge >= 0.3 is 0 Å². The van der Waals surface area contributed by atoms with Gasteiger partial charge in [0.15, 0.2) is 11.6 Å². The second-order valence-electron chi connectivity index (χ2n) is 5.62. The zero-order valence-corrected chi connectivity index (χ0v) is 15.0. The van der Waals surface area contributed by atoms with Gasteiger partial charge in [0, 0.05) is 33.4 Å². The highest BCUT2D eigenvalue weighted by Crippen LogP contribution is 2.23. The Bertz CT molecular complexity index is 805. The molecule has 0 fully saturated rings. The van der Waals surface area contributed by atoms with E-state index < -0.39 is 15.8 Å². The van der Waals surface area contributed by atoms with Crippen molar-refractivity contribution in [3.05, 3.63) is 53.8 Å². The average molecular weight is 352 g/mol. The molecule has 0 aromatic heterocycles. The van der Waals surface area contributed by atoms with Crippen LogP contribution in [0.2, 0.25) is 0 Å². The van der Waals surface area contributed by atoms with E-state index in [1.54, 1.807) is 0 Å². The van der Waals surface area contributed by atoms with Gasteiger partial charge in [-0.05, 0) is 35.9 Å². The first-order chi connectivity index (χ1) is 11.3. The lowest BCUT2D eigenvalue weighted by Gasteiger charge is -2.18. The Morgan fingerprint density at radius 1 is 1.04 bits per heavy atom. The Hall–Kier alpha value is -2.12. The number of rotatable bonds is 6. The first-order valence-corrected chi connectivity index (χ1v) is 8.76. The van der Waals surface area contributed by atoms with Gasteiger partial charge in [-0.1, -0.05) is 12.1 Å². The molecule has 24 heavy (non-hydrogen) atoms. The molecule has 0 spiro atoms. The molecule has 5 nitrogen and oxygen atoms in total. The molecule has 0 N–H and O–H groups in total. The maximum atomic E-state index is 13.8. The average Bonchev–Trinajstić information content (AvgIpc) is 2.55. The van der Waals surface area contributed by atoms with Crippen molar-refractivity contribution in [3.8, 4) is 5.75 Å². The quantitative estimate of drug-likeness (QED) is 0.802. The van der Waals surface area contributed by atoms with Crippen LogP contribution in [0.25, 0.3) is 0 Å². The highest BCUT2D eigenvalue weighted by Gasteiger charge is 2.22. The molecule has 2 aromatic carbocycles. The van der Waals surface area contributed by atoms with Crippen LogP contribution in [0.15, 0.2) is 47.4 Å². The minimum atomic E-state index is -3.78. The van der Waals surface area contributed by atoms with Crippen LogP contribution < -0.4 is 9.64 Å². The maximum absolute atomic E-state index is 13.8. The monoisotopic (exact) mass is 352 g/mol. The van der Waals surface area contributed by atoms with E-state index in [4.69, 9.17) is 4.74 Å². The second-order valence-corrected chi connectivity index (χ2v) is 7.66. The smallest absolute Gasteiger partial charge is 0.243 e. The summed E-state index contributed by atoms with van der Waals surface area (Å²) in [6.07, 6.45) is 0. The Morgan fingerprint density at radius 3 is 2.17 bits per heavy atom. The molecule has 0 aliphatic heterocycles. The second kappa shape index (κ2) is 7.19. The van der Waals surface area contributed by atoms with Crippen LogP contribution in [0.3, 0.4) is 0 Å². The molecule has 0 heterocycles. The van der Waals surface area contributed by atoms with E-state index in [1.165, 1.54) is 30.6 Å². The highest BCUT2D eigenvalue weighted by molar-refractivity contribution is 7.89. The highest BCUT2D eigenvalue weighted by atomic mass is 32.2. The van der Waals surface area contributed by atoms with Gasteiger partial charge in [-0.25, -0.2) is 12.8 Å². The predicted molar refractivity (Wildman–Crippen MR) is 92.4 cm³/mol. The Kier molecular flexibility index (Phi) is 5.46. The number of sulfonamides is 1. The van der Waals surface area contributed by atoms with E-state index in [2.05, 4.69) is 0 Å². The molecule has 0 amide bonds. The Labute approximate surface area is 142 Å². The molecule has 0 radical (unpaired) electrons. The maximum Gasteiger partial charge on any atom is 0.243 e. The summed E-state index contributed by atoms with van der Waals surface area (Å²) in [5.74, 6) is -0.696. The molecule has 0 saturated heterocycles. The number of nitrogens with zero attached hydrogens (tertiary/aromatic N) is 2. The van der Waals surface area contributed by atoms with Crippen molar-refractivity contribution in [2.75, 3.05) is 33.2 Å². The zero-order chi connectivity index (χ0) is 17.9. The minimum absolute atomic E-state index is 0.0101. The molecule has 0 bridgehead atoms. The van der Waals surface area contributed by atoms with E-state index in [0.717, 1.165) is 17.3 Å². The Morgan fingerprint density at radius 2 is 1.67 bits per heavy atom. The molecular weight excluding hydrogens is 331 g/mol. The van der Waals surface area contributed by atoms with E-state index in [1.807, 2.05) is 43.3 Å². The van der Waals surface area contributed by atoms with Gasteiger partial charge in [-0.3, -0.25) is 0 Å². The van der Waals surface area contributed by atoms with Crippen LogP contribution in [0.1, 0.15) is 5.56 Å². The summed E-state index contributed by atoms with van der Waals surface area (Å²) in [5, 5.41) is 0. The van der Waals surface area contributed by atoms with Crippen molar-refractivity contribution in [3.63, 3.8) is 0 Å². The number of anilines is 1. The summed E-state index contributed by atoms with van der Waals surface area (Å²) in [7, 11) is 2.88. The van der Waals surface area contributed by atoms with E-state index in [9.17, 15) is 12.8 Å².